The van der Waals surface area contributed by atoms with E-state index in [1.807, 2.05) is 37.3 Å². The normalized spacial score (nSPS) is 22.6. The maximum Gasteiger partial charge on any atom is 0.279 e. The van der Waals surface area contributed by atoms with Crippen LogP contribution in [-0.2, 0) is 10.2 Å². The molecule has 0 bridgehead atoms. The first-order chi connectivity index (χ1) is 9.50. The first-order valence-corrected chi connectivity index (χ1v) is 9.32. The lowest BCUT2D eigenvalue weighted by molar-refractivity contribution is 0.265. The minimum absolute atomic E-state index is 0.0152. The van der Waals surface area contributed by atoms with Crippen molar-refractivity contribution in [1.29, 1.82) is 0 Å². The van der Waals surface area contributed by atoms with Gasteiger partial charge in [-0.15, -0.1) is 0 Å². The SMILES string of the molecule is CC1CCCCN1S(=O)(=O)NCC(Br)c1ccccc1. The van der Waals surface area contributed by atoms with E-state index in [1.54, 1.807) is 4.31 Å². The minimum atomic E-state index is -3.38. The Labute approximate surface area is 129 Å². The standard InChI is InChI=1S/C14H21BrN2O2S/c1-12-7-5-6-10-17(12)20(18,19)16-11-14(15)13-8-3-2-4-9-13/h2-4,8-9,12,14,16H,5-7,10-11H2,1H3. The van der Waals surface area contributed by atoms with Gasteiger partial charge in [0.2, 0.25) is 0 Å². The zero-order valence-electron chi connectivity index (χ0n) is 11.6. The van der Waals surface area contributed by atoms with Crippen molar-refractivity contribution >= 4 is 26.1 Å². The van der Waals surface area contributed by atoms with Gasteiger partial charge >= 0.3 is 0 Å². The van der Waals surface area contributed by atoms with Crippen molar-refractivity contribution in [2.75, 3.05) is 13.1 Å². The second-order valence-corrected chi connectivity index (χ2v) is 8.00. The molecule has 20 heavy (non-hydrogen) atoms. The summed E-state index contributed by atoms with van der Waals surface area (Å²) in [5.41, 5.74) is 1.07. The lowest BCUT2D eigenvalue weighted by Crippen LogP contribution is -2.48. The fourth-order valence-corrected chi connectivity index (χ4v) is 4.64. The lowest BCUT2D eigenvalue weighted by atomic mass is 10.1. The average Bonchev–Trinajstić information content (AvgIpc) is 2.46. The Morgan fingerprint density at radius 2 is 2.05 bits per heavy atom. The summed E-state index contributed by atoms with van der Waals surface area (Å²) in [6.45, 7) is 2.95. The number of rotatable bonds is 5. The Balaban J connectivity index is 1.95. The number of hydrogen-bond acceptors (Lipinski definition) is 2. The maximum absolute atomic E-state index is 12.3. The van der Waals surface area contributed by atoms with Gasteiger partial charge in [-0.1, -0.05) is 52.7 Å². The molecule has 2 atom stereocenters. The summed E-state index contributed by atoms with van der Waals surface area (Å²) >= 11 is 3.53. The van der Waals surface area contributed by atoms with Crippen molar-refractivity contribution in [3.05, 3.63) is 35.9 Å². The summed E-state index contributed by atoms with van der Waals surface area (Å²) < 4.78 is 28.9. The molecule has 1 aliphatic rings. The number of nitrogens with zero attached hydrogens (tertiary/aromatic N) is 1. The lowest BCUT2D eigenvalue weighted by Gasteiger charge is -2.32. The number of halogens is 1. The smallest absolute Gasteiger partial charge is 0.201 e. The second-order valence-electron chi connectivity index (χ2n) is 5.19. The monoisotopic (exact) mass is 360 g/mol. The highest BCUT2D eigenvalue weighted by Crippen LogP contribution is 2.23. The molecular weight excluding hydrogens is 340 g/mol. The van der Waals surface area contributed by atoms with Gasteiger partial charge in [0.25, 0.3) is 10.2 Å². The van der Waals surface area contributed by atoms with E-state index in [2.05, 4.69) is 20.7 Å². The topological polar surface area (TPSA) is 49.4 Å². The van der Waals surface area contributed by atoms with Crippen LogP contribution in [0.4, 0.5) is 0 Å². The van der Waals surface area contributed by atoms with Crippen LogP contribution < -0.4 is 4.72 Å². The van der Waals surface area contributed by atoms with Crippen LogP contribution in [0.15, 0.2) is 30.3 Å². The second kappa shape index (κ2) is 7.02. The molecule has 0 amide bonds. The van der Waals surface area contributed by atoms with Crippen molar-refractivity contribution in [2.45, 2.75) is 37.1 Å². The van der Waals surface area contributed by atoms with Gasteiger partial charge in [-0.3, -0.25) is 0 Å². The molecule has 2 rings (SSSR count). The molecule has 1 heterocycles. The fourth-order valence-electron chi connectivity index (χ4n) is 2.47. The third-order valence-electron chi connectivity index (χ3n) is 3.66. The summed E-state index contributed by atoms with van der Waals surface area (Å²) in [6, 6.07) is 9.90. The summed E-state index contributed by atoms with van der Waals surface area (Å²) in [4.78, 5) is -0.0152. The Kier molecular flexibility index (Phi) is 5.60. The highest BCUT2D eigenvalue weighted by atomic mass is 79.9. The molecule has 0 spiro atoms. The average molecular weight is 361 g/mol. The summed E-state index contributed by atoms with van der Waals surface area (Å²) in [5.74, 6) is 0. The number of nitrogens with one attached hydrogen (secondary N) is 1. The quantitative estimate of drug-likeness (QED) is 0.820. The van der Waals surface area contributed by atoms with Crippen LogP contribution in [-0.4, -0.2) is 31.9 Å². The Hall–Kier alpha value is -0.430. The highest BCUT2D eigenvalue weighted by Gasteiger charge is 2.29. The van der Waals surface area contributed by atoms with Crippen LogP contribution in [0.3, 0.4) is 0 Å². The zero-order valence-corrected chi connectivity index (χ0v) is 14.0. The molecule has 0 aliphatic carbocycles. The van der Waals surface area contributed by atoms with Gasteiger partial charge in [0.05, 0.1) is 4.83 Å². The highest BCUT2D eigenvalue weighted by molar-refractivity contribution is 9.09. The third-order valence-corrected chi connectivity index (χ3v) is 6.20. The zero-order chi connectivity index (χ0) is 14.6. The molecule has 1 aromatic carbocycles. The number of hydrogen-bond donors (Lipinski definition) is 1. The number of benzene rings is 1. The van der Waals surface area contributed by atoms with Crippen LogP contribution in [0.25, 0.3) is 0 Å². The van der Waals surface area contributed by atoms with Crippen LogP contribution in [0, 0.1) is 0 Å². The molecule has 112 valence electrons. The molecule has 1 aromatic rings. The third kappa shape index (κ3) is 4.04. The summed E-state index contributed by atoms with van der Waals surface area (Å²) in [7, 11) is -3.38. The van der Waals surface area contributed by atoms with E-state index in [1.165, 1.54) is 0 Å². The van der Waals surface area contributed by atoms with Gasteiger partial charge in [0.15, 0.2) is 0 Å². The van der Waals surface area contributed by atoms with Crippen LogP contribution in [0.5, 0.6) is 0 Å². The molecule has 1 aliphatic heterocycles. The van der Waals surface area contributed by atoms with Crippen LogP contribution >= 0.6 is 15.9 Å². The van der Waals surface area contributed by atoms with Gasteiger partial charge in [0.1, 0.15) is 0 Å². The summed E-state index contributed by atoms with van der Waals surface area (Å²) in [5, 5.41) is 0. The molecule has 1 N–H and O–H groups in total. The maximum atomic E-state index is 12.3. The molecule has 1 saturated heterocycles. The summed E-state index contributed by atoms with van der Waals surface area (Å²) in [6.07, 6.45) is 3.00. The first kappa shape index (κ1) is 15.9. The van der Waals surface area contributed by atoms with Crippen LogP contribution in [0.1, 0.15) is 36.6 Å². The van der Waals surface area contributed by atoms with Gasteiger partial charge < -0.3 is 0 Å². The predicted octanol–water partition coefficient (Wildman–Crippen LogP) is 2.83. The molecular formula is C14H21BrN2O2S. The molecule has 0 aromatic heterocycles. The number of alkyl halides is 1. The largest absolute Gasteiger partial charge is 0.279 e. The van der Waals surface area contributed by atoms with Gasteiger partial charge in [-0.25, -0.2) is 4.72 Å². The minimum Gasteiger partial charge on any atom is -0.201 e. The van der Waals surface area contributed by atoms with E-state index in [0.717, 1.165) is 24.8 Å². The Morgan fingerprint density at radius 1 is 1.35 bits per heavy atom. The van der Waals surface area contributed by atoms with E-state index in [9.17, 15) is 8.42 Å². The molecule has 6 heteroatoms. The van der Waals surface area contributed by atoms with Crippen molar-refractivity contribution in [1.82, 2.24) is 9.03 Å². The van der Waals surface area contributed by atoms with Gasteiger partial charge in [0, 0.05) is 19.1 Å². The molecule has 2 unspecified atom stereocenters. The molecule has 0 radical (unpaired) electrons. The van der Waals surface area contributed by atoms with Crippen molar-refractivity contribution in [3.63, 3.8) is 0 Å². The van der Waals surface area contributed by atoms with E-state index in [0.29, 0.717) is 13.1 Å². The van der Waals surface area contributed by atoms with Crippen molar-refractivity contribution < 1.29 is 8.42 Å². The van der Waals surface area contributed by atoms with E-state index < -0.39 is 10.2 Å². The first-order valence-electron chi connectivity index (χ1n) is 6.96. The fraction of sp³-hybridized carbons (Fsp3) is 0.571. The van der Waals surface area contributed by atoms with E-state index >= 15 is 0 Å². The van der Waals surface area contributed by atoms with E-state index in [4.69, 9.17) is 0 Å². The Morgan fingerprint density at radius 3 is 2.70 bits per heavy atom. The van der Waals surface area contributed by atoms with Crippen LogP contribution in [0.2, 0.25) is 0 Å². The van der Waals surface area contributed by atoms with Crippen molar-refractivity contribution in [2.24, 2.45) is 0 Å². The number of piperidine rings is 1. The van der Waals surface area contributed by atoms with E-state index in [-0.39, 0.29) is 10.9 Å². The Bertz CT molecular complexity index is 521. The molecule has 4 nitrogen and oxygen atoms in total. The molecule has 0 saturated carbocycles. The van der Waals surface area contributed by atoms with Crippen molar-refractivity contribution in [3.8, 4) is 0 Å². The predicted molar refractivity (Wildman–Crippen MR) is 85.1 cm³/mol. The van der Waals surface area contributed by atoms with Gasteiger partial charge in [-0.2, -0.15) is 12.7 Å². The molecule has 1 fully saturated rings. The van der Waals surface area contributed by atoms with Gasteiger partial charge in [-0.05, 0) is 25.3 Å².